The molecule has 1 aliphatic heterocycles. The summed E-state index contributed by atoms with van der Waals surface area (Å²) in [5.41, 5.74) is 2.54. The maximum Gasteiger partial charge on any atom is 0.341 e. The lowest BCUT2D eigenvalue weighted by molar-refractivity contribution is -0.135. The van der Waals surface area contributed by atoms with Crippen LogP contribution in [0.4, 0.5) is 0 Å². The highest BCUT2D eigenvalue weighted by Crippen LogP contribution is 2.39. The summed E-state index contributed by atoms with van der Waals surface area (Å²) in [7, 11) is 2.82. The van der Waals surface area contributed by atoms with Crippen molar-refractivity contribution in [2.45, 2.75) is 46.3 Å². The van der Waals surface area contributed by atoms with Crippen molar-refractivity contribution in [3.8, 4) is 11.5 Å². The zero-order chi connectivity index (χ0) is 23.7. The van der Waals surface area contributed by atoms with Crippen molar-refractivity contribution in [2.24, 2.45) is 0 Å². The highest BCUT2D eigenvalue weighted by Gasteiger charge is 2.37. The molecule has 0 aromatic heterocycles. The van der Waals surface area contributed by atoms with E-state index in [0.29, 0.717) is 35.9 Å². The normalized spacial score (nSPS) is 18.2. The van der Waals surface area contributed by atoms with Gasteiger partial charge in [0, 0.05) is 5.56 Å². The van der Waals surface area contributed by atoms with Gasteiger partial charge in [-0.15, -0.1) is 0 Å². The zero-order valence-electron chi connectivity index (χ0n) is 20.1. The molecule has 0 bridgehead atoms. The number of hydrogen-bond donors (Lipinski definition) is 0. The van der Waals surface area contributed by atoms with E-state index >= 15 is 0 Å². The van der Waals surface area contributed by atoms with Crippen LogP contribution >= 0.6 is 0 Å². The maximum absolute atomic E-state index is 11.9. The third-order valence-electron chi connectivity index (χ3n) is 5.02. The smallest absolute Gasteiger partial charge is 0.341 e. The number of hydrogen-bond acceptors (Lipinski definition) is 6. The number of rotatable bonds is 8. The number of methoxy groups -OCH3 is 2. The van der Waals surface area contributed by atoms with Gasteiger partial charge in [0.1, 0.15) is 18.3 Å². The average molecular weight is 443 g/mol. The first-order valence-corrected chi connectivity index (χ1v) is 10.6. The Morgan fingerprint density at radius 2 is 1.97 bits per heavy atom. The van der Waals surface area contributed by atoms with Crippen molar-refractivity contribution < 1.29 is 28.5 Å². The fourth-order valence-electron chi connectivity index (χ4n) is 3.08. The summed E-state index contributed by atoms with van der Waals surface area (Å²) in [6, 6.07) is 5.76. The van der Waals surface area contributed by atoms with E-state index in [0.717, 1.165) is 5.56 Å². The van der Waals surface area contributed by atoms with Gasteiger partial charge in [0.05, 0.1) is 32.7 Å². The maximum atomic E-state index is 11.9. The Morgan fingerprint density at radius 3 is 2.62 bits per heavy atom. The summed E-state index contributed by atoms with van der Waals surface area (Å²) in [5.74, 6) is 0.873. The minimum Gasteiger partial charge on any atom is -0.503 e. The molecule has 0 aliphatic carbocycles. The average Bonchev–Trinajstić information content (AvgIpc) is 2.87. The molecule has 1 aromatic carbocycles. The Balaban J connectivity index is 2.26. The van der Waals surface area contributed by atoms with Crippen molar-refractivity contribution in [3.05, 3.63) is 65.0 Å². The summed E-state index contributed by atoms with van der Waals surface area (Å²) < 4.78 is 28.3. The second-order valence-electron chi connectivity index (χ2n) is 8.26. The van der Waals surface area contributed by atoms with Gasteiger partial charge in [-0.2, -0.15) is 0 Å². The molecule has 0 unspecified atom stereocenters. The fraction of sp³-hybridized carbons (Fsp3) is 0.423. The molecule has 0 N–H and O–H groups in total. The Labute approximate surface area is 191 Å². The molecule has 6 nitrogen and oxygen atoms in total. The van der Waals surface area contributed by atoms with Gasteiger partial charge in [-0.05, 0) is 46.3 Å². The number of carbonyl (C=O) groups excluding carboxylic acids is 1. The van der Waals surface area contributed by atoms with E-state index in [9.17, 15) is 4.79 Å². The molecule has 1 heterocycles. The first kappa shape index (κ1) is 25.3. The Bertz CT molecular complexity index is 916. The van der Waals surface area contributed by atoms with E-state index in [2.05, 4.69) is 0 Å². The van der Waals surface area contributed by atoms with Crippen LogP contribution < -0.4 is 9.47 Å². The molecular formula is C26H34O6. The van der Waals surface area contributed by atoms with Crippen molar-refractivity contribution in [1.29, 1.82) is 0 Å². The highest BCUT2D eigenvalue weighted by molar-refractivity contribution is 5.93. The van der Waals surface area contributed by atoms with E-state index < -0.39 is 11.6 Å². The summed E-state index contributed by atoms with van der Waals surface area (Å²) in [6.07, 6.45) is 8.75. The van der Waals surface area contributed by atoms with Gasteiger partial charge in [0.2, 0.25) is 0 Å². The van der Waals surface area contributed by atoms with Gasteiger partial charge in [0.15, 0.2) is 11.5 Å². The number of fused-ring (bicyclic) bond motifs is 1. The van der Waals surface area contributed by atoms with Gasteiger partial charge in [-0.3, -0.25) is 0 Å². The molecule has 0 amide bonds. The number of allylic oxidation sites excluding steroid dienone is 3. The number of para-hydroxylation sites is 1. The summed E-state index contributed by atoms with van der Waals surface area (Å²) in [6.45, 7) is 10.8. The molecule has 0 radical (unpaired) electrons. The Hall–Kier alpha value is -2.99. The molecule has 1 aromatic rings. The standard InChI is InChI=1S/C26H34O6/c1-18(2)14-15-30-23-17-31-22-13-9-12-20(24(22)32-26(23,4)5)11-8-10-19(3)21(16-28-6)25(27)29-7/h8-14,16,23H,15,17H2,1-7H3/b11-8+,19-10-,21-16+/t23-/m0/s1. The lowest BCUT2D eigenvalue weighted by Gasteiger charge is -2.31. The van der Waals surface area contributed by atoms with E-state index in [1.807, 2.05) is 77.1 Å². The monoisotopic (exact) mass is 442 g/mol. The molecule has 6 heteroatoms. The molecule has 174 valence electrons. The van der Waals surface area contributed by atoms with Crippen LogP contribution in [0.1, 0.15) is 40.2 Å². The molecule has 32 heavy (non-hydrogen) atoms. The van der Waals surface area contributed by atoms with Crippen molar-refractivity contribution >= 4 is 12.0 Å². The highest BCUT2D eigenvalue weighted by atomic mass is 16.6. The SMILES string of the molecule is CO\C=C(C(=O)OC)/C(C)=C\C=C\c1cccc2c1OC(C)(C)[C@@H](OCC=C(C)C)CO2. The number of ether oxygens (including phenoxy) is 5. The molecule has 1 aliphatic rings. The van der Waals surface area contributed by atoms with Crippen LogP contribution in [0.2, 0.25) is 0 Å². The molecular weight excluding hydrogens is 408 g/mol. The quantitative estimate of drug-likeness (QED) is 0.180. The van der Waals surface area contributed by atoms with Crippen molar-refractivity contribution in [3.63, 3.8) is 0 Å². The van der Waals surface area contributed by atoms with Crippen LogP contribution in [0, 0.1) is 0 Å². The lowest BCUT2D eigenvalue weighted by Crippen LogP contribution is -2.45. The van der Waals surface area contributed by atoms with E-state index in [1.165, 1.54) is 26.1 Å². The molecule has 0 saturated heterocycles. The van der Waals surface area contributed by atoms with Crippen LogP contribution in [0.3, 0.4) is 0 Å². The number of benzene rings is 1. The van der Waals surface area contributed by atoms with E-state index in [4.69, 9.17) is 23.7 Å². The second-order valence-corrected chi connectivity index (χ2v) is 8.26. The Kier molecular flexibility index (Phi) is 9.14. The van der Waals surface area contributed by atoms with Gasteiger partial charge in [-0.25, -0.2) is 4.79 Å². The van der Waals surface area contributed by atoms with E-state index in [-0.39, 0.29) is 6.10 Å². The summed E-state index contributed by atoms with van der Waals surface area (Å²) in [5, 5.41) is 0. The molecule has 0 saturated carbocycles. The largest absolute Gasteiger partial charge is 0.503 e. The van der Waals surface area contributed by atoms with Crippen molar-refractivity contribution in [1.82, 2.24) is 0 Å². The first-order chi connectivity index (χ1) is 15.2. The minimum atomic E-state index is -0.588. The van der Waals surface area contributed by atoms with Crippen LogP contribution in [0.25, 0.3) is 6.08 Å². The molecule has 0 spiro atoms. The lowest BCUT2D eigenvalue weighted by atomic mass is 10.0. The summed E-state index contributed by atoms with van der Waals surface area (Å²) in [4.78, 5) is 11.9. The van der Waals surface area contributed by atoms with Crippen LogP contribution in [0.15, 0.2) is 59.4 Å². The third-order valence-corrected chi connectivity index (χ3v) is 5.02. The van der Waals surface area contributed by atoms with Gasteiger partial charge >= 0.3 is 5.97 Å². The Morgan fingerprint density at radius 1 is 1.22 bits per heavy atom. The summed E-state index contributed by atoms with van der Waals surface area (Å²) >= 11 is 0. The molecule has 1 atom stereocenters. The number of carbonyl (C=O) groups is 1. The second kappa shape index (κ2) is 11.6. The fourth-order valence-corrected chi connectivity index (χ4v) is 3.08. The predicted octanol–water partition coefficient (Wildman–Crippen LogP) is 5.25. The van der Waals surface area contributed by atoms with Crippen LogP contribution in [0.5, 0.6) is 11.5 Å². The van der Waals surface area contributed by atoms with Gasteiger partial charge in [0.25, 0.3) is 0 Å². The molecule has 2 rings (SSSR count). The van der Waals surface area contributed by atoms with E-state index in [1.54, 1.807) is 0 Å². The minimum absolute atomic E-state index is 0.230. The molecule has 0 fully saturated rings. The third kappa shape index (κ3) is 6.76. The van der Waals surface area contributed by atoms with Crippen LogP contribution in [-0.2, 0) is 19.0 Å². The van der Waals surface area contributed by atoms with Crippen molar-refractivity contribution in [2.75, 3.05) is 27.4 Å². The van der Waals surface area contributed by atoms with Gasteiger partial charge in [-0.1, -0.05) is 42.0 Å². The number of esters is 1. The van der Waals surface area contributed by atoms with Gasteiger partial charge < -0.3 is 23.7 Å². The van der Waals surface area contributed by atoms with Crippen LogP contribution in [-0.4, -0.2) is 45.1 Å². The topological polar surface area (TPSA) is 63.2 Å². The zero-order valence-corrected chi connectivity index (χ0v) is 20.1. The first-order valence-electron chi connectivity index (χ1n) is 10.6. The predicted molar refractivity (Wildman–Crippen MR) is 126 cm³/mol.